The van der Waals surface area contributed by atoms with Crippen LogP contribution >= 0.6 is 0 Å². The van der Waals surface area contributed by atoms with Crippen molar-refractivity contribution in [3.05, 3.63) is 0 Å². The molecule has 0 aromatic carbocycles. The molecule has 0 aliphatic heterocycles. The molecule has 1 amide bonds. The largest absolute Gasteiger partial charge is 0.353 e. The van der Waals surface area contributed by atoms with Crippen LogP contribution in [0.1, 0.15) is 27.7 Å². The van der Waals surface area contributed by atoms with E-state index in [-0.39, 0.29) is 11.9 Å². The van der Waals surface area contributed by atoms with Gasteiger partial charge in [0.05, 0.1) is 5.41 Å². The summed E-state index contributed by atoms with van der Waals surface area (Å²) in [6, 6.07) is 0.188. The Labute approximate surface area is 68.3 Å². The summed E-state index contributed by atoms with van der Waals surface area (Å²) in [6.45, 7) is 7.93. The number of hydrogen-bond acceptors (Lipinski definition) is 2. The van der Waals surface area contributed by atoms with Gasteiger partial charge in [-0.1, -0.05) is 0 Å². The highest BCUT2D eigenvalue weighted by molar-refractivity contribution is 5.82. The maximum atomic E-state index is 11.3. The van der Waals surface area contributed by atoms with Crippen LogP contribution in [0.5, 0.6) is 0 Å². The molecule has 0 fully saturated rings. The summed E-state index contributed by atoms with van der Waals surface area (Å²) in [5.41, 5.74) is 4.98. The van der Waals surface area contributed by atoms with E-state index < -0.39 is 5.41 Å². The first-order valence-electron chi connectivity index (χ1n) is 3.91. The lowest BCUT2D eigenvalue weighted by Crippen LogP contribution is -2.44. The second-order valence-electron chi connectivity index (χ2n) is 3.72. The Morgan fingerprint density at radius 3 is 2.27 bits per heavy atom. The third kappa shape index (κ3) is 3.37. The van der Waals surface area contributed by atoms with Crippen molar-refractivity contribution < 1.29 is 4.79 Å². The molecule has 0 aromatic rings. The van der Waals surface area contributed by atoms with Crippen LogP contribution in [-0.4, -0.2) is 18.5 Å². The van der Waals surface area contributed by atoms with Gasteiger partial charge in [-0.15, -0.1) is 0 Å². The summed E-state index contributed by atoms with van der Waals surface area (Å²) in [5, 5.41) is 2.82. The Kier molecular flexibility index (Phi) is 3.52. The van der Waals surface area contributed by atoms with E-state index in [1.165, 1.54) is 0 Å². The third-order valence-corrected chi connectivity index (χ3v) is 1.54. The molecule has 0 radical (unpaired) electrons. The van der Waals surface area contributed by atoms with Crippen LogP contribution in [0.15, 0.2) is 0 Å². The summed E-state index contributed by atoms with van der Waals surface area (Å²) < 4.78 is 0. The fourth-order valence-electron chi connectivity index (χ4n) is 0.550. The minimum atomic E-state index is -0.440. The average molecular weight is 158 g/mol. The number of rotatable bonds is 3. The number of amides is 1. The lowest BCUT2D eigenvalue weighted by molar-refractivity contribution is -0.129. The van der Waals surface area contributed by atoms with Crippen molar-refractivity contribution in [2.45, 2.75) is 33.7 Å². The van der Waals surface area contributed by atoms with Crippen LogP contribution in [0.2, 0.25) is 0 Å². The minimum Gasteiger partial charge on any atom is -0.353 e. The Morgan fingerprint density at radius 1 is 1.55 bits per heavy atom. The molecule has 0 aliphatic carbocycles. The molecule has 0 saturated carbocycles. The second kappa shape index (κ2) is 3.72. The van der Waals surface area contributed by atoms with Gasteiger partial charge in [0.25, 0.3) is 0 Å². The standard InChI is InChI=1S/C8H18N2O/c1-6(2)10-7(11)8(3,4)5-9/h6H,5,9H2,1-4H3,(H,10,11). The van der Waals surface area contributed by atoms with Gasteiger partial charge in [0, 0.05) is 12.6 Å². The molecule has 0 atom stereocenters. The van der Waals surface area contributed by atoms with E-state index >= 15 is 0 Å². The van der Waals surface area contributed by atoms with Gasteiger partial charge in [0.2, 0.25) is 5.91 Å². The van der Waals surface area contributed by atoms with Crippen molar-refractivity contribution >= 4 is 5.91 Å². The quantitative estimate of drug-likeness (QED) is 0.628. The summed E-state index contributed by atoms with van der Waals surface area (Å²) in [7, 11) is 0. The lowest BCUT2D eigenvalue weighted by atomic mass is 9.92. The summed E-state index contributed by atoms with van der Waals surface area (Å²) >= 11 is 0. The highest BCUT2D eigenvalue weighted by atomic mass is 16.2. The Hall–Kier alpha value is -0.570. The van der Waals surface area contributed by atoms with E-state index in [1.54, 1.807) is 0 Å². The van der Waals surface area contributed by atoms with E-state index in [0.29, 0.717) is 6.54 Å². The third-order valence-electron chi connectivity index (χ3n) is 1.54. The van der Waals surface area contributed by atoms with E-state index in [2.05, 4.69) is 5.32 Å². The van der Waals surface area contributed by atoms with Crippen LogP contribution in [0, 0.1) is 5.41 Å². The molecule has 66 valence electrons. The van der Waals surface area contributed by atoms with Gasteiger partial charge >= 0.3 is 0 Å². The molecule has 0 saturated heterocycles. The second-order valence-corrected chi connectivity index (χ2v) is 3.72. The van der Waals surface area contributed by atoms with Gasteiger partial charge in [-0.25, -0.2) is 0 Å². The molecule has 3 heteroatoms. The van der Waals surface area contributed by atoms with E-state index in [1.807, 2.05) is 27.7 Å². The number of hydrogen-bond donors (Lipinski definition) is 2. The maximum absolute atomic E-state index is 11.3. The van der Waals surface area contributed by atoms with Crippen molar-refractivity contribution in [1.29, 1.82) is 0 Å². The molecule has 0 aromatic heterocycles. The predicted octanol–water partition coefficient (Wildman–Crippen LogP) is 0.496. The van der Waals surface area contributed by atoms with Crippen LogP contribution in [0.25, 0.3) is 0 Å². The number of nitrogens with one attached hydrogen (secondary N) is 1. The topological polar surface area (TPSA) is 55.1 Å². The first-order valence-corrected chi connectivity index (χ1v) is 3.91. The molecule has 0 bridgehead atoms. The molecular weight excluding hydrogens is 140 g/mol. The van der Waals surface area contributed by atoms with E-state index in [0.717, 1.165) is 0 Å². The van der Waals surface area contributed by atoms with Crippen LogP contribution in [-0.2, 0) is 4.79 Å². The first-order chi connectivity index (χ1) is 4.90. The van der Waals surface area contributed by atoms with Crippen molar-refractivity contribution in [2.75, 3.05) is 6.54 Å². The molecule has 0 unspecified atom stereocenters. The Bertz CT molecular complexity index is 141. The van der Waals surface area contributed by atoms with Crippen molar-refractivity contribution in [3.63, 3.8) is 0 Å². The zero-order valence-corrected chi connectivity index (χ0v) is 7.77. The van der Waals surface area contributed by atoms with Gasteiger partial charge in [0.1, 0.15) is 0 Å². The molecule has 0 rings (SSSR count). The number of carbonyl (C=O) groups excluding carboxylic acids is 1. The lowest BCUT2D eigenvalue weighted by Gasteiger charge is -2.22. The Balaban J connectivity index is 4.02. The fourth-order valence-corrected chi connectivity index (χ4v) is 0.550. The van der Waals surface area contributed by atoms with Crippen LogP contribution in [0.4, 0.5) is 0 Å². The number of nitrogens with two attached hydrogens (primary N) is 1. The van der Waals surface area contributed by atoms with Crippen molar-refractivity contribution in [3.8, 4) is 0 Å². The van der Waals surface area contributed by atoms with Gasteiger partial charge in [0.15, 0.2) is 0 Å². The summed E-state index contributed by atoms with van der Waals surface area (Å²) in [6.07, 6.45) is 0. The van der Waals surface area contributed by atoms with E-state index in [4.69, 9.17) is 5.73 Å². The highest BCUT2D eigenvalue weighted by Gasteiger charge is 2.25. The monoisotopic (exact) mass is 158 g/mol. The fraction of sp³-hybridized carbons (Fsp3) is 0.875. The molecule has 11 heavy (non-hydrogen) atoms. The number of carbonyl (C=O) groups is 1. The average Bonchev–Trinajstić information content (AvgIpc) is 1.86. The van der Waals surface area contributed by atoms with Gasteiger partial charge in [-0.05, 0) is 27.7 Å². The van der Waals surface area contributed by atoms with Gasteiger partial charge in [-0.3, -0.25) is 4.79 Å². The predicted molar refractivity (Wildman–Crippen MR) is 46.1 cm³/mol. The molecule has 3 nitrogen and oxygen atoms in total. The van der Waals surface area contributed by atoms with E-state index in [9.17, 15) is 4.79 Å². The van der Waals surface area contributed by atoms with Gasteiger partial charge < -0.3 is 11.1 Å². The highest BCUT2D eigenvalue weighted by Crippen LogP contribution is 2.12. The normalized spacial score (nSPS) is 11.8. The molecule has 0 spiro atoms. The van der Waals surface area contributed by atoms with Gasteiger partial charge in [-0.2, -0.15) is 0 Å². The molecule has 0 aliphatic rings. The van der Waals surface area contributed by atoms with Crippen LogP contribution in [0.3, 0.4) is 0 Å². The molecular formula is C8H18N2O. The van der Waals surface area contributed by atoms with Crippen LogP contribution < -0.4 is 11.1 Å². The smallest absolute Gasteiger partial charge is 0.227 e. The summed E-state index contributed by atoms with van der Waals surface area (Å²) in [5.74, 6) is 0.0231. The molecule has 0 heterocycles. The zero-order valence-electron chi connectivity index (χ0n) is 7.77. The minimum absolute atomic E-state index is 0.0231. The van der Waals surface area contributed by atoms with Crippen molar-refractivity contribution in [2.24, 2.45) is 11.1 Å². The SMILES string of the molecule is CC(C)NC(=O)C(C)(C)CN. The first kappa shape index (κ1) is 10.4. The van der Waals surface area contributed by atoms with Crippen molar-refractivity contribution in [1.82, 2.24) is 5.32 Å². The zero-order chi connectivity index (χ0) is 9.07. The maximum Gasteiger partial charge on any atom is 0.227 e. The Morgan fingerprint density at radius 2 is 2.00 bits per heavy atom. The summed E-state index contributed by atoms with van der Waals surface area (Å²) in [4.78, 5) is 11.3. The molecule has 3 N–H and O–H groups in total.